The minimum absolute atomic E-state index is 0.137. The van der Waals surface area contributed by atoms with Crippen LogP contribution in [0.2, 0.25) is 5.02 Å². The van der Waals surface area contributed by atoms with Crippen LogP contribution >= 0.6 is 22.9 Å². The molecule has 4 nitrogen and oxygen atoms in total. The first-order valence-corrected chi connectivity index (χ1v) is 8.13. The van der Waals surface area contributed by atoms with Crippen LogP contribution in [0, 0.1) is 0 Å². The topological polar surface area (TPSA) is 58.6 Å². The number of aliphatic hydroxyl groups excluding tert-OH is 1. The van der Waals surface area contributed by atoms with Crippen molar-refractivity contribution in [2.75, 3.05) is 6.54 Å². The van der Waals surface area contributed by atoms with Crippen LogP contribution in [0.15, 0.2) is 41.1 Å². The van der Waals surface area contributed by atoms with Crippen LogP contribution in [0.4, 0.5) is 0 Å². The van der Waals surface area contributed by atoms with E-state index in [4.69, 9.17) is 16.3 Å². The summed E-state index contributed by atoms with van der Waals surface area (Å²) in [6.07, 6.45) is -0.725. The number of aliphatic hydroxyl groups is 1. The van der Waals surface area contributed by atoms with E-state index >= 15 is 0 Å². The number of halogens is 1. The summed E-state index contributed by atoms with van der Waals surface area (Å²) >= 11 is 7.40. The molecule has 118 valence electrons. The molecule has 2 N–H and O–H groups in total. The second-order valence-corrected chi connectivity index (χ2v) is 6.57. The monoisotopic (exact) mass is 339 g/mol. The second-order valence-electron chi connectivity index (χ2n) is 5.35. The summed E-state index contributed by atoms with van der Waals surface area (Å²) in [6.45, 7) is 3.47. The van der Waals surface area contributed by atoms with Gasteiger partial charge >= 0.3 is 0 Å². The van der Waals surface area contributed by atoms with Gasteiger partial charge in [-0.1, -0.05) is 17.7 Å². The minimum atomic E-state index is -1.07. The molecular weight excluding hydrogens is 322 g/mol. The van der Waals surface area contributed by atoms with E-state index in [-0.39, 0.29) is 12.5 Å². The van der Waals surface area contributed by atoms with E-state index in [1.54, 1.807) is 38.1 Å². The van der Waals surface area contributed by atoms with Gasteiger partial charge in [0.25, 0.3) is 5.91 Å². The predicted octanol–water partition coefficient (Wildman–Crippen LogP) is 3.41. The lowest BCUT2D eigenvalue weighted by Gasteiger charge is -2.26. The lowest BCUT2D eigenvalue weighted by Crippen LogP contribution is -2.47. The van der Waals surface area contributed by atoms with Gasteiger partial charge in [-0.05, 0) is 54.4 Å². The number of amides is 1. The lowest BCUT2D eigenvalue weighted by atomic mass is 10.1. The van der Waals surface area contributed by atoms with Crippen molar-refractivity contribution in [2.45, 2.75) is 25.6 Å². The van der Waals surface area contributed by atoms with E-state index in [1.165, 1.54) is 11.3 Å². The molecule has 1 heterocycles. The Bertz CT molecular complexity index is 628. The second kappa shape index (κ2) is 7.13. The fraction of sp³-hybridized carbons (Fsp3) is 0.312. The number of hydrogen-bond acceptors (Lipinski definition) is 4. The SMILES string of the molecule is CC(C)(Oc1cccc(Cl)c1)C(=O)NCC(O)c1ccsc1. The zero-order valence-corrected chi connectivity index (χ0v) is 13.9. The van der Waals surface area contributed by atoms with Crippen LogP contribution in [0.25, 0.3) is 0 Å². The Balaban J connectivity index is 1.92. The number of nitrogens with one attached hydrogen (secondary N) is 1. The Morgan fingerprint density at radius 3 is 2.86 bits per heavy atom. The van der Waals surface area contributed by atoms with E-state index in [1.807, 2.05) is 16.8 Å². The Morgan fingerprint density at radius 1 is 1.45 bits per heavy atom. The van der Waals surface area contributed by atoms with Crippen LogP contribution < -0.4 is 10.1 Å². The molecule has 0 saturated carbocycles. The van der Waals surface area contributed by atoms with Gasteiger partial charge in [-0.2, -0.15) is 11.3 Å². The molecule has 0 aliphatic carbocycles. The predicted molar refractivity (Wildman–Crippen MR) is 88.4 cm³/mol. The molecule has 0 saturated heterocycles. The molecule has 1 atom stereocenters. The van der Waals surface area contributed by atoms with Crippen molar-refractivity contribution in [3.05, 3.63) is 51.7 Å². The number of rotatable bonds is 6. The largest absolute Gasteiger partial charge is 0.478 e. The molecule has 22 heavy (non-hydrogen) atoms. The first kappa shape index (κ1) is 16.8. The molecule has 6 heteroatoms. The Kier molecular flexibility index (Phi) is 5.45. The number of carbonyl (C=O) groups excluding carboxylic acids is 1. The highest BCUT2D eigenvalue weighted by Gasteiger charge is 2.30. The van der Waals surface area contributed by atoms with Crippen LogP contribution in [0.3, 0.4) is 0 Å². The summed E-state index contributed by atoms with van der Waals surface area (Å²) in [5, 5.41) is 17.0. The van der Waals surface area contributed by atoms with Crippen molar-refractivity contribution in [3.8, 4) is 5.75 Å². The summed E-state index contributed by atoms with van der Waals surface area (Å²) in [7, 11) is 0. The van der Waals surface area contributed by atoms with Gasteiger partial charge in [0.15, 0.2) is 5.60 Å². The smallest absolute Gasteiger partial charge is 0.263 e. The van der Waals surface area contributed by atoms with Gasteiger partial charge in [0.2, 0.25) is 0 Å². The molecule has 0 aliphatic heterocycles. The first-order chi connectivity index (χ1) is 10.4. The molecule has 0 bridgehead atoms. The van der Waals surface area contributed by atoms with E-state index in [0.29, 0.717) is 10.8 Å². The van der Waals surface area contributed by atoms with Crippen LogP contribution in [0.1, 0.15) is 25.5 Å². The minimum Gasteiger partial charge on any atom is -0.478 e. The molecule has 0 fully saturated rings. The number of carbonyl (C=O) groups is 1. The quantitative estimate of drug-likeness (QED) is 0.848. The van der Waals surface area contributed by atoms with Crippen molar-refractivity contribution in [2.24, 2.45) is 0 Å². The lowest BCUT2D eigenvalue weighted by molar-refractivity contribution is -0.134. The average molecular weight is 340 g/mol. The summed E-state index contributed by atoms with van der Waals surface area (Å²) in [6, 6.07) is 8.71. The Morgan fingerprint density at radius 2 is 2.23 bits per heavy atom. The van der Waals surface area contributed by atoms with E-state index < -0.39 is 11.7 Å². The zero-order chi connectivity index (χ0) is 16.2. The van der Waals surface area contributed by atoms with Gasteiger partial charge < -0.3 is 15.2 Å². The Hall–Kier alpha value is -1.56. The maximum Gasteiger partial charge on any atom is 0.263 e. The molecule has 1 unspecified atom stereocenters. The fourth-order valence-corrected chi connectivity index (χ4v) is 2.74. The third-order valence-corrected chi connectivity index (χ3v) is 4.04. The molecule has 1 aromatic carbocycles. The molecule has 1 aromatic heterocycles. The van der Waals surface area contributed by atoms with Gasteiger partial charge in [0.1, 0.15) is 5.75 Å². The first-order valence-electron chi connectivity index (χ1n) is 6.81. The van der Waals surface area contributed by atoms with Crippen molar-refractivity contribution in [3.63, 3.8) is 0 Å². The van der Waals surface area contributed by atoms with Crippen LogP contribution in [-0.2, 0) is 4.79 Å². The van der Waals surface area contributed by atoms with Crippen LogP contribution in [0.5, 0.6) is 5.75 Å². The molecule has 0 aliphatic rings. The Labute approximate surface area is 138 Å². The standard InChI is InChI=1S/C16H18ClNO3S/c1-16(2,21-13-5-3-4-12(17)8-13)15(20)18-9-14(19)11-6-7-22-10-11/h3-8,10,14,19H,9H2,1-2H3,(H,18,20). The van der Waals surface area contributed by atoms with E-state index in [2.05, 4.69) is 5.32 Å². The molecule has 2 aromatic rings. The van der Waals surface area contributed by atoms with Crippen molar-refractivity contribution < 1.29 is 14.6 Å². The third kappa shape index (κ3) is 4.47. The molecular formula is C16H18ClNO3S. The van der Waals surface area contributed by atoms with Gasteiger partial charge in [-0.25, -0.2) is 0 Å². The van der Waals surface area contributed by atoms with Crippen LogP contribution in [-0.4, -0.2) is 23.2 Å². The van der Waals surface area contributed by atoms with Gasteiger partial charge in [-0.15, -0.1) is 0 Å². The zero-order valence-electron chi connectivity index (χ0n) is 12.4. The normalized spacial score (nSPS) is 12.7. The van der Waals surface area contributed by atoms with E-state index in [9.17, 15) is 9.90 Å². The summed E-state index contributed by atoms with van der Waals surface area (Å²) in [5.74, 6) is 0.216. The summed E-state index contributed by atoms with van der Waals surface area (Å²) in [4.78, 5) is 12.3. The molecule has 2 rings (SSSR count). The van der Waals surface area contributed by atoms with Gasteiger partial charge in [0, 0.05) is 11.6 Å². The maximum atomic E-state index is 12.3. The van der Waals surface area contributed by atoms with E-state index in [0.717, 1.165) is 5.56 Å². The summed E-state index contributed by atoms with van der Waals surface area (Å²) < 4.78 is 5.69. The maximum absolute atomic E-state index is 12.3. The highest BCUT2D eigenvalue weighted by atomic mass is 35.5. The van der Waals surface area contributed by atoms with Crippen molar-refractivity contribution in [1.82, 2.24) is 5.32 Å². The van der Waals surface area contributed by atoms with Crippen molar-refractivity contribution in [1.29, 1.82) is 0 Å². The third-order valence-electron chi connectivity index (χ3n) is 3.10. The number of hydrogen-bond donors (Lipinski definition) is 2. The molecule has 0 radical (unpaired) electrons. The molecule has 0 spiro atoms. The van der Waals surface area contributed by atoms with Gasteiger partial charge in [-0.3, -0.25) is 4.79 Å². The molecule has 1 amide bonds. The highest BCUT2D eigenvalue weighted by Crippen LogP contribution is 2.22. The average Bonchev–Trinajstić information content (AvgIpc) is 2.98. The highest BCUT2D eigenvalue weighted by molar-refractivity contribution is 7.07. The van der Waals surface area contributed by atoms with Crippen molar-refractivity contribution >= 4 is 28.8 Å². The fourth-order valence-electron chi connectivity index (χ4n) is 1.86. The number of benzene rings is 1. The van der Waals surface area contributed by atoms with Gasteiger partial charge in [0.05, 0.1) is 6.10 Å². The number of thiophene rings is 1. The number of ether oxygens (including phenoxy) is 1. The summed E-state index contributed by atoms with van der Waals surface area (Å²) in [5.41, 5.74) is -0.280.